The molecule has 4 aromatic carbocycles. The van der Waals surface area contributed by atoms with Crippen molar-refractivity contribution in [2.24, 2.45) is 13.0 Å². The molecule has 3 nitrogen and oxygen atoms in total. The van der Waals surface area contributed by atoms with E-state index in [4.69, 9.17) is 5.32 Å². The van der Waals surface area contributed by atoms with Crippen molar-refractivity contribution in [2.45, 2.75) is 59.4 Å². The average Bonchev–Trinajstić information content (AvgIpc) is 3.43. The van der Waals surface area contributed by atoms with Crippen LogP contribution in [0.1, 0.15) is 92.9 Å². The first-order chi connectivity index (χ1) is 21.0. The average molecular weight is 764 g/mol. The molecule has 0 fully saturated rings. The zero-order valence-corrected chi connectivity index (χ0v) is 31.9. The summed E-state index contributed by atoms with van der Waals surface area (Å²) < 4.78 is 1.86. The van der Waals surface area contributed by atoms with E-state index in [9.17, 15) is 0 Å². The summed E-state index contributed by atoms with van der Waals surface area (Å²) in [6.07, 6.45) is 2.00. The zero-order valence-electron chi connectivity index (χ0n) is 28.3. The maximum Gasteiger partial charge on any atom is 0.0482 e. The Morgan fingerprint density at radius 3 is 1.18 bits per heavy atom. The maximum absolute atomic E-state index is 5.21. The van der Waals surface area contributed by atoms with Crippen molar-refractivity contribution in [3.05, 3.63) is 181 Å². The van der Waals surface area contributed by atoms with Gasteiger partial charge in [-0.1, -0.05) is 101 Å². The van der Waals surface area contributed by atoms with Crippen LogP contribution in [-0.4, -0.2) is 9.78 Å². The minimum Gasteiger partial charge on any atom is -0.676 e. The minimum absolute atomic E-state index is 0. The largest absolute Gasteiger partial charge is 0.676 e. The monoisotopic (exact) mass is 765 g/mol. The van der Waals surface area contributed by atoms with Crippen LogP contribution < -0.4 is 0 Å². The second-order valence-electron chi connectivity index (χ2n) is 11.8. The van der Waals surface area contributed by atoms with Gasteiger partial charge in [0.25, 0.3) is 0 Å². The fraction of sp³-hybridized carbons (Fsp3) is 0.268. The Bertz CT molecular complexity index is 1330. The van der Waals surface area contributed by atoms with Crippen molar-refractivity contribution in [1.82, 2.24) is 9.78 Å². The number of aromatic nitrogens is 2. The summed E-state index contributed by atoms with van der Waals surface area (Å²) in [7, 11) is 1.96. The Hall–Kier alpha value is -3.63. The normalized spacial score (nSPS) is 10.7. The van der Waals surface area contributed by atoms with Gasteiger partial charge in [-0.3, -0.25) is 4.68 Å². The van der Waals surface area contributed by atoms with Gasteiger partial charge in [-0.05, 0) is 17.9 Å². The van der Waals surface area contributed by atoms with Gasteiger partial charge in [-0.2, -0.15) is 79.0 Å². The van der Waals surface area contributed by atoms with Crippen LogP contribution in [0.5, 0.6) is 0 Å². The SMILES string of the molecule is CC(C)c1cccc(C(C)C)c1[N-]C(c1ccn(C)n1)C(C)C.[CH2-]c1ccccc1.[CH2-]c1ccccc1.[CH2-]c1ccccc1.[Hf]. The molecule has 0 aliphatic carbocycles. The fourth-order valence-corrected chi connectivity index (χ4v) is 4.38. The predicted octanol–water partition coefficient (Wildman–Crippen LogP) is 11.7. The zero-order chi connectivity index (χ0) is 32.5. The van der Waals surface area contributed by atoms with Gasteiger partial charge < -0.3 is 5.32 Å². The van der Waals surface area contributed by atoms with E-state index < -0.39 is 0 Å². The molecule has 1 unspecified atom stereocenters. The van der Waals surface area contributed by atoms with E-state index in [1.807, 2.05) is 109 Å². The van der Waals surface area contributed by atoms with Gasteiger partial charge in [-0.25, -0.2) is 0 Å². The van der Waals surface area contributed by atoms with Crippen molar-refractivity contribution >= 4 is 5.69 Å². The second kappa shape index (κ2) is 21.2. The van der Waals surface area contributed by atoms with Gasteiger partial charge in [-0.15, -0.1) is 42.1 Å². The van der Waals surface area contributed by atoms with Crippen LogP contribution in [0.2, 0.25) is 0 Å². The van der Waals surface area contributed by atoms with E-state index >= 15 is 0 Å². The van der Waals surface area contributed by atoms with E-state index in [0.717, 1.165) is 22.4 Å². The van der Waals surface area contributed by atoms with E-state index in [1.165, 1.54) is 16.8 Å². The summed E-state index contributed by atoms with van der Waals surface area (Å²) in [6.45, 7) is 24.6. The van der Waals surface area contributed by atoms with Gasteiger partial charge in [0.2, 0.25) is 0 Å². The molecule has 1 atom stereocenters. The fourth-order valence-electron chi connectivity index (χ4n) is 4.38. The summed E-state index contributed by atoms with van der Waals surface area (Å²) in [5, 5.41) is 9.81. The summed E-state index contributed by atoms with van der Waals surface area (Å²) in [5.74, 6) is 1.33. The predicted molar refractivity (Wildman–Crippen MR) is 191 cm³/mol. The van der Waals surface area contributed by atoms with Crippen molar-refractivity contribution < 1.29 is 25.8 Å². The summed E-state index contributed by atoms with van der Waals surface area (Å²) in [6, 6.07) is 38.4. The molecule has 1 aromatic heterocycles. The Labute approximate surface area is 293 Å². The van der Waals surface area contributed by atoms with Crippen LogP contribution in [0.25, 0.3) is 5.32 Å². The Kier molecular flexibility index (Phi) is 18.5. The third-order valence-electron chi connectivity index (χ3n) is 6.81. The van der Waals surface area contributed by atoms with Crippen molar-refractivity contribution in [3.8, 4) is 0 Å². The van der Waals surface area contributed by atoms with Gasteiger partial charge in [0.05, 0.1) is 0 Å². The molecule has 0 aliphatic rings. The Morgan fingerprint density at radius 2 is 0.933 bits per heavy atom. The summed E-state index contributed by atoms with van der Waals surface area (Å²) >= 11 is 0. The molecule has 0 saturated carbocycles. The van der Waals surface area contributed by atoms with Crippen molar-refractivity contribution in [2.75, 3.05) is 0 Å². The molecule has 0 bridgehead atoms. The molecule has 0 aliphatic heterocycles. The van der Waals surface area contributed by atoms with Crippen LogP contribution in [-0.2, 0) is 32.9 Å². The van der Waals surface area contributed by atoms with E-state index in [1.54, 1.807) is 0 Å². The number of rotatable bonds is 6. The van der Waals surface area contributed by atoms with Gasteiger partial charge in [0.1, 0.15) is 0 Å². The molecule has 0 radical (unpaired) electrons. The van der Waals surface area contributed by atoms with Crippen molar-refractivity contribution in [3.63, 3.8) is 0 Å². The molecule has 0 N–H and O–H groups in total. The first-order valence-electron chi connectivity index (χ1n) is 15.4. The topological polar surface area (TPSA) is 31.9 Å². The van der Waals surface area contributed by atoms with Crippen LogP contribution in [0.15, 0.2) is 121 Å². The molecule has 5 aromatic rings. The smallest absolute Gasteiger partial charge is 0.0482 e. The van der Waals surface area contributed by atoms with Crippen LogP contribution in [0.3, 0.4) is 0 Å². The molecule has 238 valence electrons. The molecule has 0 saturated heterocycles. The number of benzene rings is 4. The second-order valence-corrected chi connectivity index (χ2v) is 11.8. The molecular weight excluding hydrogens is 713 g/mol. The molecule has 5 rings (SSSR count). The van der Waals surface area contributed by atoms with E-state index in [2.05, 4.69) is 91.7 Å². The number of hydrogen-bond acceptors (Lipinski definition) is 1. The molecule has 0 amide bonds. The van der Waals surface area contributed by atoms with E-state index in [-0.39, 0.29) is 31.9 Å². The minimum atomic E-state index is 0. The third-order valence-corrected chi connectivity index (χ3v) is 6.81. The molecular formula is C41H51HfN3-4. The first-order valence-corrected chi connectivity index (χ1v) is 15.4. The molecule has 4 heteroatoms. The molecule has 45 heavy (non-hydrogen) atoms. The third kappa shape index (κ3) is 14.8. The van der Waals surface area contributed by atoms with Gasteiger partial charge in [0.15, 0.2) is 0 Å². The standard InChI is InChI=1S/C20H30N3.3C7H7.Hf/c1-13(2)16-9-8-10-17(14(3)4)20(16)21-19(15(5)6)18-11-12-23(7)22-18;3*1-7-5-3-2-4-6-7;/h8-15,19H,1-7H3;3*2-6H,1H2;/q4*-1;. The van der Waals surface area contributed by atoms with E-state index in [0.29, 0.717) is 17.8 Å². The van der Waals surface area contributed by atoms with Crippen molar-refractivity contribution in [1.29, 1.82) is 0 Å². The van der Waals surface area contributed by atoms with Gasteiger partial charge >= 0.3 is 0 Å². The number of nitrogens with zero attached hydrogens (tertiary/aromatic N) is 3. The van der Waals surface area contributed by atoms with Crippen LogP contribution in [0, 0.1) is 26.7 Å². The molecule has 0 spiro atoms. The summed E-state index contributed by atoms with van der Waals surface area (Å²) in [4.78, 5) is 0. The molecule has 1 heterocycles. The van der Waals surface area contributed by atoms with Crippen LogP contribution in [0.4, 0.5) is 5.69 Å². The first kappa shape index (κ1) is 39.4. The van der Waals surface area contributed by atoms with Gasteiger partial charge in [0, 0.05) is 44.8 Å². The Balaban J connectivity index is 0.000000370. The van der Waals surface area contributed by atoms with Crippen LogP contribution >= 0.6 is 0 Å². The summed E-state index contributed by atoms with van der Waals surface area (Å²) in [5.41, 5.74) is 8.10. The number of hydrogen-bond donors (Lipinski definition) is 0. The number of para-hydroxylation sites is 1. The Morgan fingerprint density at radius 1 is 0.556 bits per heavy atom. The maximum atomic E-state index is 5.21. The quantitative estimate of drug-likeness (QED) is 0.125. The number of aryl methyl sites for hydroxylation is 1.